The second-order valence-electron chi connectivity index (χ2n) is 4.26. The van der Waals surface area contributed by atoms with Crippen LogP contribution in [0.1, 0.15) is 16.2 Å². The van der Waals surface area contributed by atoms with E-state index in [0.717, 1.165) is 16.9 Å². The van der Waals surface area contributed by atoms with Crippen molar-refractivity contribution >= 4 is 5.97 Å². The standard InChI is InChI=1S/C13H11N5O2/c1-8-7-14-18(17-8)12-5-3-2-4-9(12)10-6-11(13(19)20)16-15-10/h2-7H,1H3,(H,15,16)(H,19,20). The molecular formula is C13H11N5O2. The summed E-state index contributed by atoms with van der Waals surface area (Å²) in [6, 6.07) is 8.89. The molecule has 0 unspecified atom stereocenters. The van der Waals surface area contributed by atoms with E-state index in [4.69, 9.17) is 5.11 Å². The molecule has 1 aromatic carbocycles. The summed E-state index contributed by atoms with van der Waals surface area (Å²) >= 11 is 0. The third kappa shape index (κ3) is 2.05. The van der Waals surface area contributed by atoms with Crippen LogP contribution in [0.15, 0.2) is 36.5 Å². The number of carbonyl (C=O) groups is 1. The first-order valence-electron chi connectivity index (χ1n) is 5.92. The summed E-state index contributed by atoms with van der Waals surface area (Å²) in [5, 5.41) is 23.9. The predicted octanol–water partition coefficient (Wildman–Crippen LogP) is 1.66. The van der Waals surface area contributed by atoms with E-state index in [1.807, 2.05) is 31.2 Å². The molecule has 7 heteroatoms. The third-order valence-corrected chi connectivity index (χ3v) is 2.81. The Labute approximate surface area is 113 Å². The van der Waals surface area contributed by atoms with Crippen molar-refractivity contribution in [2.24, 2.45) is 0 Å². The summed E-state index contributed by atoms with van der Waals surface area (Å²) in [6.07, 6.45) is 1.66. The summed E-state index contributed by atoms with van der Waals surface area (Å²) in [4.78, 5) is 12.4. The SMILES string of the molecule is Cc1cnn(-c2ccccc2-c2cc(C(=O)O)[nH]n2)n1. The van der Waals surface area contributed by atoms with Gasteiger partial charge in [-0.1, -0.05) is 18.2 Å². The Kier molecular flexibility index (Phi) is 2.79. The van der Waals surface area contributed by atoms with Crippen molar-refractivity contribution in [3.63, 3.8) is 0 Å². The molecule has 2 N–H and O–H groups in total. The summed E-state index contributed by atoms with van der Waals surface area (Å²) < 4.78 is 0. The highest BCUT2D eigenvalue weighted by Crippen LogP contribution is 2.24. The van der Waals surface area contributed by atoms with Crippen LogP contribution >= 0.6 is 0 Å². The van der Waals surface area contributed by atoms with Crippen LogP contribution in [0.3, 0.4) is 0 Å². The van der Waals surface area contributed by atoms with Crippen LogP contribution in [-0.2, 0) is 0 Å². The molecule has 0 bridgehead atoms. The average Bonchev–Trinajstić information content (AvgIpc) is 3.07. The first-order chi connectivity index (χ1) is 9.65. The molecule has 0 aliphatic rings. The van der Waals surface area contributed by atoms with Gasteiger partial charge in [0, 0.05) is 5.56 Å². The van der Waals surface area contributed by atoms with Crippen LogP contribution in [0.25, 0.3) is 16.9 Å². The quantitative estimate of drug-likeness (QED) is 0.753. The van der Waals surface area contributed by atoms with Gasteiger partial charge in [-0.05, 0) is 19.1 Å². The number of aromatic carboxylic acids is 1. The zero-order valence-electron chi connectivity index (χ0n) is 10.6. The third-order valence-electron chi connectivity index (χ3n) is 2.81. The fraction of sp³-hybridized carbons (Fsp3) is 0.0769. The Bertz CT molecular complexity index is 774. The summed E-state index contributed by atoms with van der Waals surface area (Å²) in [6.45, 7) is 1.85. The Morgan fingerprint density at radius 2 is 2.15 bits per heavy atom. The lowest BCUT2D eigenvalue weighted by Gasteiger charge is -2.05. The highest BCUT2D eigenvalue weighted by molar-refractivity contribution is 5.87. The first kappa shape index (κ1) is 12.1. The summed E-state index contributed by atoms with van der Waals surface area (Å²) in [5.41, 5.74) is 2.87. The fourth-order valence-corrected chi connectivity index (χ4v) is 1.89. The van der Waals surface area contributed by atoms with Crippen LogP contribution in [0, 0.1) is 6.92 Å². The Balaban J connectivity index is 2.11. The molecule has 0 aliphatic heterocycles. The second kappa shape index (κ2) is 4.61. The van der Waals surface area contributed by atoms with Gasteiger partial charge in [0.05, 0.1) is 23.3 Å². The number of para-hydroxylation sites is 1. The normalized spacial score (nSPS) is 10.7. The number of aromatic nitrogens is 5. The molecule has 0 spiro atoms. The van der Waals surface area contributed by atoms with Crippen molar-refractivity contribution in [2.45, 2.75) is 6.92 Å². The van der Waals surface area contributed by atoms with Gasteiger partial charge < -0.3 is 5.11 Å². The second-order valence-corrected chi connectivity index (χ2v) is 4.26. The van der Waals surface area contributed by atoms with Crippen LogP contribution < -0.4 is 0 Å². The Morgan fingerprint density at radius 1 is 1.35 bits per heavy atom. The van der Waals surface area contributed by atoms with E-state index in [1.165, 1.54) is 10.9 Å². The number of H-pyrrole nitrogens is 1. The topological polar surface area (TPSA) is 96.7 Å². The van der Waals surface area contributed by atoms with E-state index in [-0.39, 0.29) is 5.69 Å². The minimum atomic E-state index is -1.05. The fourth-order valence-electron chi connectivity index (χ4n) is 1.89. The van der Waals surface area contributed by atoms with E-state index in [0.29, 0.717) is 5.69 Å². The van der Waals surface area contributed by atoms with Crippen LogP contribution in [0.4, 0.5) is 0 Å². The van der Waals surface area contributed by atoms with Crippen molar-refractivity contribution in [3.05, 3.63) is 47.9 Å². The molecule has 0 aliphatic carbocycles. The van der Waals surface area contributed by atoms with Gasteiger partial charge >= 0.3 is 5.97 Å². The minimum absolute atomic E-state index is 0.0411. The molecule has 3 rings (SSSR count). The maximum absolute atomic E-state index is 10.9. The molecular weight excluding hydrogens is 258 g/mol. The number of carboxylic acids is 1. The number of hydrogen-bond donors (Lipinski definition) is 2. The molecule has 0 radical (unpaired) electrons. The van der Waals surface area contributed by atoms with Gasteiger partial charge in [0.25, 0.3) is 0 Å². The monoisotopic (exact) mass is 269 g/mol. The lowest BCUT2D eigenvalue weighted by atomic mass is 10.1. The Morgan fingerprint density at radius 3 is 2.80 bits per heavy atom. The molecule has 3 aromatic rings. The van der Waals surface area contributed by atoms with Crippen molar-refractivity contribution in [2.75, 3.05) is 0 Å². The maximum Gasteiger partial charge on any atom is 0.353 e. The van der Waals surface area contributed by atoms with Gasteiger partial charge in [0.2, 0.25) is 0 Å². The van der Waals surface area contributed by atoms with Gasteiger partial charge in [-0.2, -0.15) is 20.1 Å². The van der Waals surface area contributed by atoms with E-state index in [1.54, 1.807) is 6.20 Å². The molecule has 100 valence electrons. The molecule has 0 fully saturated rings. The number of carboxylic acid groups (broad SMARTS) is 1. The smallest absolute Gasteiger partial charge is 0.353 e. The average molecular weight is 269 g/mol. The van der Waals surface area contributed by atoms with Crippen LogP contribution in [-0.4, -0.2) is 36.3 Å². The van der Waals surface area contributed by atoms with E-state index in [2.05, 4.69) is 20.4 Å². The summed E-state index contributed by atoms with van der Waals surface area (Å²) in [7, 11) is 0. The molecule has 20 heavy (non-hydrogen) atoms. The van der Waals surface area contributed by atoms with Crippen molar-refractivity contribution in [3.8, 4) is 16.9 Å². The van der Waals surface area contributed by atoms with Gasteiger partial charge in [0.1, 0.15) is 5.69 Å². The first-order valence-corrected chi connectivity index (χ1v) is 5.92. The highest BCUT2D eigenvalue weighted by Gasteiger charge is 2.14. The number of hydrogen-bond acceptors (Lipinski definition) is 4. The summed E-state index contributed by atoms with van der Waals surface area (Å²) in [5.74, 6) is -1.05. The number of rotatable bonds is 3. The minimum Gasteiger partial charge on any atom is -0.477 e. The van der Waals surface area contributed by atoms with Crippen molar-refractivity contribution in [1.82, 2.24) is 25.2 Å². The van der Waals surface area contributed by atoms with Gasteiger partial charge in [0.15, 0.2) is 0 Å². The number of benzene rings is 1. The number of nitrogens with one attached hydrogen (secondary N) is 1. The molecule has 0 saturated carbocycles. The Hall–Kier alpha value is -2.96. The molecule has 0 atom stereocenters. The van der Waals surface area contributed by atoms with Gasteiger partial charge in [-0.25, -0.2) is 4.79 Å². The van der Waals surface area contributed by atoms with Gasteiger partial charge in [-0.15, -0.1) is 0 Å². The molecule has 7 nitrogen and oxygen atoms in total. The van der Waals surface area contributed by atoms with E-state index >= 15 is 0 Å². The van der Waals surface area contributed by atoms with E-state index in [9.17, 15) is 4.79 Å². The number of nitrogens with zero attached hydrogens (tertiary/aromatic N) is 4. The lowest BCUT2D eigenvalue weighted by molar-refractivity contribution is 0.0690. The highest BCUT2D eigenvalue weighted by atomic mass is 16.4. The van der Waals surface area contributed by atoms with Crippen LogP contribution in [0.5, 0.6) is 0 Å². The molecule has 2 heterocycles. The van der Waals surface area contributed by atoms with Crippen molar-refractivity contribution < 1.29 is 9.90 Å². The molecule has 2 aromatic heterocycles. The lowest BCUT2D eigenvalue weighted by Crippen LogP contribution is -2.01. The number of aromatic amines is 1. The predicted molar refractivity (Wildman–Crippen MR) is 70.6 cm³/mol. The maximum atomic E-state index is 10.9. The zero-order valence-corrected chi connectivity index (χ0v) is 10.6. The molecule has 0 saturated heterocycles. The van der Waals surface area contributed by atoms with Gasteiger partial charge in [-0.3, -0.25) is 5.10 Å². The zero-order chi connectivity index (χ0) is 14.1. The van der Waals surface area contributed by atoms with Crippen LogP contribution in [0.2, 0.25) is 0 Å². The van der Waals surface area contributed by atoms with E-state index < -0.39 is 5.97 Å². The largest absolute Gasteiger partial charge is 0.477 e. The van der Waals surface area contributed by atoms with Crippen molar-refractivity contribution in [1.29, 1.82) is 0 Å². The molecule has 0 amide bonds. The number of aryl methyl sites for hydroxylation is 1.